The Balaban J connectivity index is 1.18. The van der Waals surface area contributed by atoms with Gasteiger partial charge in [-0.15, -0.1) is 0 Å². The van der Waals surface area contributed by atoms with Gasteiger partial charge in [-0.25, -0.2) is 4.98 Å². The lowest BCUT2D eigenvalue weighted by molar-refractivity contribution is 0.0951. The Hall–Kier alpha value is -3.94. The van der Waals surface area contributed by atoms with Crippen LogP contribution in [0, 0.1) is 6.92 Å². The van der Waals surface area contributed by atoms with Crippen molar-refractivity contribution >= 4 is 51.6 Å². The molecule has 0 aliphatic rings. The van der Waals surface area contributed by atoms with Crippen molar-refractivity contribution in [3.63, 3.8) is 0 Å². The van der Waals surface area contributed by atoms with E-state index in [2.05, 4.69) is 15.6 Å². The Morgan fingerprint density at radius 2 is 1.80 bits per heavy atom. The maximum absolute atomic E-state index is 12.6. The molecule has 0 aliphatic heterocycles. The number of oxazole rings is 1. The van der Waals surface area contributed by atoms with E-state index < -0.39 is 5.91 Å². The van der Waals surface area contributed by atoms with Crippen LogP contribution in [0.5, 0.6) is 0 Å². The molecule has 5 aromatic rings. The summed E-state index contributed by atoms with van der Waals surface area (Å²) in [6.07, 6.45) is 0.573. The largest absolute Gasteiger partial charge is 0.451 e. The van der Waals surface area contributed by atoms with Crippen LogP contribution in [0.1, 0.15) is 27.6 Å². The number of carbonyl (C=O) groups is 1. The van der Waals surface area contributed by atoms with E-state index in [4.69, 9.17) is 32.7 Å². The highest BCUT2D eigenvalue weighted by atomic mass is 35.5. The predicted octanol–water partition coefficient (Wildman–Crippen LogP) is 6.77. The lowest BCUT2D eigenvalue weighted by Crippen LogP contribution is -2.33. The first kappa shape index (κ1) is 22.8. The van der Waals surface area contributed by atoms with E-state index in [1.54, 1.807) is 18.2 Å². The first-order valence-corrected chi connectivity index (χ1v) is 11.7. The summed E-state index contributed by atoms with van der Waals surface area (Å²) in [6, 6.07) is 24.3. The van der Waals surface area contributed by atoms with Crippen LogP contribution in [0.25, 0.3) is 22.4 Å². The molecule has 0 atom stereocenters. The topological polar surface area (TPSA) is 80.3 Å². The molecule has 0 saturated carbocycles. The number of anilines is 1. The first-order chi connectivity index (χ1) is 16.9. The third kappa shape index (κ3) is 5.26. The van der Waals surface area contributed by atoms with Crippen LogP contribution in [0.2, 0.25) is 5.02 Å². The van der Waals surface area contributed by atoms with Gasteiger partial charge < -0.3 is 14.2 Å². The normalized spacial score (nSPS) is 10.9. The van der Waals surface area contributed by atoms with Crippen molar-refractivity contribution in [2.24, 2.45) is 0 Å². The number of nitrogens with zero attached hydrogens (tertiary/aromatic N) is 1. The van der Waals surface area contributed by atoms with Crippen molar-refractivity contribution in [3.05, 3.63) is 107 Å². The fourth-order valence-electron chi connectivity index (χ4n) is 3.56. The van der Waals surface area contributed by atoms with Crippen LogP contribution in [0.15, 0.2) is 87.7 Å². The van der Waals surface area contributed by atoms with Gasteiger partial charge in [-0.05, 0) is 72.7 Å². The molecule has 0 saturated heterocycles. The highest BCUT2D eigenvalue weighted by Gasteiger charge is 2.14. The highest BCUT2D eigenvalue weighted by molar-refractivity contribution is 7.80. The molecule has 2 N–H and O–H groups in total. The zero-order chi connectivity index (χ0) is 24.4. The van der Waals surface area contributed by atoms with Gasteiger partial charge in [0.05, 0.1) is 0 Å². The molecule has 0 spiro atoms. The highest BCUT2D eigenvalue weighted by Crippen LogP contribution is 2.27. The summed E-state index contributed by atoms with van der Waals surface area (Å²) in [5.41, 5.74) is 5.15. The first-order valence-electron chi connectivity index (χ1n) is 10.9. The second-order valence-corrected chi connectivity index (χ2v) is 8.80. The molecule has 0 unspecified atom stereocenters. The van der Waals surface area contributed by atoms with Crippen LogP contribution >= 0.6 is 23.8 Å². The molecule has 0 fully saturated rings. The lowest BCUT2D eigenvalue weighted by atomic mass is 10.1. The maximum Gasteiger partial charge on any atom is 0.293 e. The number of para-hydroxylation sites is 2. The van der Waals surface area contributed by atoms with Crippen LogP contribution < -0.4 is 10.6 Å². The fourth-order valence-corrected chi connectivity index (χ4v) is 3.96. The number of halogens is 1. The van der Waals surface area contributed by atoms with Gasteiger partial charge in [-0.2, -0.15) is 0 Å². The van der Waals surface area contributed by atoms with Gasteiger partial charge in [0.15, 0.2) is 22.3 Å². The number of thiocarbonyl (C=S) groups is 1. The summed E-state index contributed by atoms with van der Waals surface area (Å²) < 4.78 is 11.5. The minimum absolute atomic E-state index is 0.148. The second kappa shape index (κ2) is 9.74. The second-order valence-electron chi connectivity index (χ2n) is 7.99. The number of fused-ring (bicyclic) bond motifs is 1. The smallest absolute Gasteiger partial charge is 0.293 e. The molecule has 35 heavy (non-hydrogen) atoms. The third-order valence-electron chi connectivity index (χ3n) is 5.42. The van der Waals surface area contributed by atoms with Crippen molar-refractivity contribution in [2.75, 3.05) is 5.32 Å². The molecule has 8 heteroatoms. The average molecular weight is 502 g/mol. The standard InChI is InChI=1S/C27H20ClN3O3S/c1-16-6-9-18(15-20(16)28)22-12-13-24(33-22)26(32)31-27(35)29-19-10-7-17(8-11-19)14-25-30-21-4-2-3-5-23(21)34-25/h2-13,15H,14H2,1H3,(H2,29,31,32,35). The zero-order valence-corrected chi connectivity index (χ0v) is 20.2. The van der Waals surface area contributed by atoms with E-state index in [1.807, 2.05) is 67.6 Å². The summed E-state index contributed by atoms with van der Waals surface area (Å²) in [7, 11) is 0. The number of furan rings is 1. The van der Waals surface area contributed by atoms with E-state index in [9.17, 15) is 4.79 Å². The summed E-state index contributed by atoms with van der Waals surface area (Å²) >= 11 is 11.5. The average Bonchev–Trinajstić information content (AvgIpc) is 3.49. The Labute approximate surface area is 211 Å². The van der Waals surface area contributed by atoms with Crippen LogP contribution in [0.4, 0.5) is 5.69 Å². The molecule has 2 aromatic heterocycles. The van der Waals surface area contributed by atoms with Crippen molar-refractivity contribution in [2.45, 2.75) is 13.3 Å². The van der Waals surface area contributed by atoms with E-state index in [-0.39, 0.29) is 10.9 Å². The molecule has 2 heterocycles. The maximum atomic E-state index is 12.6. The number of aromatic nitrogens is 1. The minimum atomic E-state index is -0.445. The number of nitrogens with one attached hydrogen (secondary N) is 2. The number of rotatable bonds is 5. The van der Waals surface area contributed by atoms with Crippen LogP contribution in [0.3, 0.4) is 0 Å². The quantitative estimate of drug-likeness (QED) is 0.259. The number of hydrogen-bond acceptors (Lipinski definition) is 5. The number of amides is 1. The van der Waals surface area contributed by atoms with E-state index in [0.29, 0.717) is 23.1 Å². The van der Waals surface area contributed by atoms with Crippen molar-refractivity contribution in [1.29, 1.82) is 0 Å². The third-order valence-corrected chi connectivity index (χ3v) is 6.03. The summed E-state index contributed by atoms with van der Waals surface area (Å²) in [4.78, 5) is 17.1. The Morgan fingerprint density at radius 3 is 2.57 bits per heavy atom. The van der Waals surface area contributed by atoms with E-state index >= 15 is 0 Å². The van der Waals surface area contributed by atoms with Gasteiger partial charge in [0.1, 0.15) is 11.3 Å². The monoisotopic (exact) mass is 501 g/mol. The molecular weight excluding hydrogens is 482 g/mol. The number of hydrogen-bond donors (Lipinski definition) is 2. The summed E-state index contributed by atoms with van der Waals surface area (Å²) in [6.45, 7) is 1.92. The van der Waals surface area contributed by atoms with Crippen LogP contribution in [-0.4, -0.2) is 16.0 Å². The Bertz CT molecular complexity index is 1510. The molecule has 0 bridgehead atoms. The predicted molar refractivity (Wildman–Crippen MR) is 141 cm³/mol. The minimum Gasteiger partial charge on any atom is -0.451 e. The van der Waals surface area contributed by atoms with Gasteiger partial charge in [-0.3, -0.25) is 10.1 Å². The fraction of sp³-hybridized carbons (Fsp3) is 0.0741. The molecule has 0 radical (unpaired) electrons. The molecule has 5 rings (SSSR count). The van der Waals surface area contributed by atoms with Crippen molar-refractivity contribution in [3.8, 4) is 11.3 Å². The van der Waals surface area contributed by atoms with Gasteiger partial charge >= 0.3 is 0 Å². The Kier molecular flexibility index (Phi) is 6.35. The van der Waals surface area contributed by atoms with Gasteiger partial charge in [-0.1, -0.05) is 48.0 Å². The summed E-state index contributed by atoms with van der Waals surface area (Å²) in [5.74, 6) is 0.903. The van der Waals surface area contributed by atoms with Crippen LogP contribution in [-0.2, 0) is 6.42 Å². The van der Waals surface area contributed by atoms with E-state index in [1.165, 1.54) is 0 Å². The molecule has 174 valence electrons. The molecule has 0 aliphatic carbocycles. The molecule has 1 amide bonds. The zero-order valence-electron chi connectivity index (χ0n) is 18.7. The molecular formula is C27H20ClN3O3S. The number of carbonyl (C=O) groups excluding carboxylic acids is 1. The van der Waals surface area contributed by atoms with Gasteiger partial charge in [0.25, 0.3) is 5.91 Å². The molecule has 6 nitrogen and oxygen atoms in total. The number of aryl methyl sites for hydroxylation is 1. The SMILES string of the molecule is Cc1ccc(-c2ccc(C(=O)NC(=S)Nc3ccc(Cc4nc5ccccc5o4)cc3)o2)cc1Cl. The van der Waals surface area contributed by atoms with Crippen molar-refractivity contribution in [1.82, 2.24) is 10.3 Å². The van der Waals surface area contributed by atoms with Gasteiger partial charge in [0, 0.05) is 22.7 Å². The van der Waals surface area contributed by atoms with Crippen molar-refractivity contribution < 1.29 is 13.6 Å². The lowest BCUT2D eigenvalue weighted by Gasteiger charge is -2.09. The number of benzene rings is 3. The van der Waals surface area contributed by atoms with E-state index in [0.717, 1.165) is 33.5 Å². The Morgan fingerprint density at radius 1 is 1.00 bits per heavy atom. The van der Waals surface area contributed by atoms with Gasteiger partial charge in [0.2, 0.25) is 0 Å². The molecule has 3 aromatic carbocycles. The summed E-state index contributed by atoms with van der Waals surface area (Å²) in [5, 5.41) is 6.44.